The Labute approximate surface area is 181 Å². The van der Waals surface area contributed by atoms with Gasteiger partial charge in [0.2, 0.25) is 0 Å². The van der Waals surface area contributed by atoms with Crippen molar-refractivity contribution in [1.29, 1.82) is 0 Å². The number of aryl methyl sites for hydroxylation is 1. The third-order valence-corrected chi connectivity index (χ3v) is 5.97. The molecule has 1 saturated heterocycles. The number of nitrogens with zero attached hydrogens (tertiary/aromatic N) is 3. The molecule has 4 aromatic rings. The van der Waals surface area contributed by atoms with Crippen LogP contribution in [0, 0.1) is 12.7 Å². The molecule has 1 N–H and O–H groups in total. The quantitative estimate of drug-likeness (QED) is 0.466. The summed E-state index contributed by atoms with van der Waals surface area (Å²) >= 11 is 0. The number of aromatic amines is 1. The molecular formula is C26H25FN4. The Kier molecular flexibility index (Phi) is 5.35. The number of nitrogens with one attached hydrogen (secondary N) is 1. The van der Waals surface area contributed by atoms with Gasteiger partial charge < -0.3 is 4.98 Å². The Morgan fingerprint density at radius 3 is 2.68 bits per heavy atom. The third-order valence-electron chi connectivity index (χ3n) is 5.97. The number of hydrogen-bond acceptors (Lipinski definition) is 3. The largest absolute Gasteiger partial charge is 0.345 e. The van der Waals surface area contributed by atoms with Crippen LogP contribution in [-0.4, -0.2) is 32.9 Å². The summed E-state index contributed by atoms with van der Waals surface area (Å²) in [6.07, 6.45) is 2.93. The van der Waals surface area contributed by atoms with Gasteiger partial charge >= 0.3 is 0 Å². The Bertz CT molecular complexity index is 1170. The molecule has 0 spiro atoms. The number of likely N-dealkylation sites (tertiary alicyclic amines) is 1. The highest BCUT2D eigenvalue weighted by Crippen LogP contribution is 2.30. The van der Waals surface area contributed by atoms with Crippen LogP contribution in [0.5, 0.6) is 0 Å². The molecule has 3 heterocycles. The molecule has 5 heteroatoms. The number of hydrogen-bond donors (Lipinski definition) is 1. The molecule has 2 aromatic carbocycles. The minimum Gasteiger partial charge on any atom is -0.345 e. The molecule has 2 aromatic heterocycles. The van der Waals surface area contributed by atoms with E-state index in [1.165, 1.54) is 17.7 Å². The number of aromatic nitrogens is 3. The zero-order chi connectivity index (χ0) is 21.2. The first-order valence-corrected chi connectivity index (χ1v) is 10.7. The molecular weight excluding hydrogens is 387 g/mol. The topological polar surface area (TPSA) is 44.8 Å². The zero-order valence-electron chi connectivity index (χ0n) is 17.6. The van der Waals surface area contributed by atoms with E-state index >= 15 is 0 Å². The summed E-state index contributed by atoms with van der Waals surface area (Å²) in [7, 11) is 0. The highest BCUT2D eigenvalue weighted by molar-refractivity contribution is 5.66. The Morgan fingerprint density at radius 1 is 1.03 bits per heavy atom. The van der Waals surface area contributed by atoms with Crippen LogP contribution in [0.25, 0.3) is 22.5 Å². The minimum atomic E-state index is -0.256. The minimum absolute atomic E-state index is 0.256. The standard InChI is InChI=1S/C26H25FN4/c1-18-25(21-10-11-24(28-15-21)20-8-5-9-23(27)14-20)30-26(29-18)22-12-13-31(17-22)16-19-6-3-2-4-7-19/h2-11,14-15,22H,12-13,16-17H2,1H3,(H,29,30)/t22-/m0/s1. The van der Waals surface area contributed by atoms with E-state index in [0.29, 0.717) is 5.92 Å². The lowest BCUT2D eigenvalue weighted by Gasteiger charge is -2.15. The maximum Gasteiger partial charge on any atom is 0.123 e. The summed E-state index contributed by atoms with van der Waals surface area (Å²) in [6.45, 7) is 5.13. The molecule has 0 amide bonds. The van der Waals surface area contributed by atoms with Gasteiger partial charge in [0.1, 0.15) is 11.6 Å². The van der Waals surface area contributed by atoms with E-state index < -0.39 is 0 Å². The Balaban J connectivity index is 1.31. The monoisotopic (exact) mass is 412 g/mol. The van der Waals surface area contributed by atoms with Crippen LogP contribution >= 0.6 is 0 Å². The number of rotatable bonds is 5. The van der Waals surface area contributed by atoms with Crippen molar-refractivity contribution in [2.45, 2.75) is 25.8 Å². The molecule has 0 saturated carbocycles. The normalized spacial score (nSPS) is 16.6. The van der Waals surface area contributed by atoms with Crippen LogP contribution in [0.2, 0.25) is 0 Å². The third kappa shape index (κ3) is 4.28. The molecule has 1 fully saturated rings. The lowest BCUT2D eigenvalue weighted by atomic mass is 10.1. The van der Waals surface area contributed by atoms with E-state index in [9.17, 15) is 4.39 Å². The van der Waals surface area contributed by atoms with Crippen molar-refractivity contribution in [2.75, 3.05) is 13.1 Å². The van der Waals surface area contributed by atoms with Crippen molar-refractivity contribution in [3.63, 3.8) is 0 Å². The molecule has 0 aliphatic carbocycles. The highest BCUT2D eigenvalue weighted by atomic mass is 19.1. The molecule has 1 aliphatic heterocycles. The van der Waals surface area contributed by atoms with E-state index in [1.54, 1.807) is 6.07 Å². The average molecular weight is 413 g/mol. The second kappa shape index (κ2) is 8.44. The van der Waals surface area contributed by atoms with Gasteiger partial charge in [-0.15, -0.1) is 0 Å². The Hall–Kier alpha value is -3.31. The van der Waals surface area contributed by atoms with E-state index in [-0.39, 0.29) is 5.82 Å². The maximum atomic E-state index is 13.5. The van der Waals surface area contributed by atoms with Crippen molar-refractivity contribution in [2.24, 2.45) is 0 Å². The molecule has 0 bridgehead atoms. The van der Waals surface area contributed by atoms with E-state index in [2.05, 4.69) is 52.1 Å². The number of imidazole rings is 1. The van der Waals surface area contributed by atoms with Crippen molar-refractivity contribution in [1.82, 2.24) is 19.9 Å². The van der Waals surface area contributed by atoms with Gasteiger partial charge in [-0.2, -0.15) is 0 Å². The van der Waals surface area contributed by atoms with Crippen LogP contribution in [0.4, 0.5) is 4.39 Å². The van der Waals surface area contributed by atoms with Gasteiger partial charge in [-0.3, -0.25) is 9.88 Å². The first-order valence-electron chi connectivity index (χ1n) is 10.7. The van der Waals surface area contributed by atoms with Gasteiger partial charge in [0.15, 0.2) is 0 Å². The average Bonchev–Trinajstić information content (AvgIpc) is 3.41. The summed E-state index contributed by atoms with van der Waals surface area (Å²) in [6, 6.07) is 21.1. The fraction of sp³-hybridized carbons (Fsp3) is 0.231. The Morgan fingerprint density at radius 2 is 1.90 bits per heavy atom. The molecule has 1 atom stereocenters. The summed E-state index contributed by atoms with van der Waals surface area (Å²) in [4.78, 5) is 15.5. The molecule has 5 rings (SSSR count). The van der Waals surface area contributed by atoms with Crippen LogP contribution in [0.1, 0.15) is 29.4 Å². The smallest absolute Gasteiger partial charge is 0.123 e. The SMILES string of the molecule is Cc1[nH]c([C@H]2CCN(Cc3ccccc3)C2)nc1-c1ccc(-c2cccc(F)c2)nc1. The van der Waals surface area contributed by atoms with Gasteiger partial charge in [0.25, 0.3) is 0 Å². The van der Waals surface area contributed by atoms with Gasteiger partial charge in [-0.1, -0.05) is 42.5 Å². The van der Waals surface area contributed by atoms with Gasteiger partial charge in [0, 0.05) is 42.0 Å². The number of halogens is 1. The zero-order valence-corrected chi connectivity index (χ0v) is 17.6. The fourth-order valence-electron chi connectivity index (χ4n) is 4.35. The summed E-state index contributed by atoms with van der Waals surface area (Å²) in [5.74, 6) is 1.21. The van der Waals surface area contributed by atoms with Gasteiger partial charge in [0.05, 0.1) is 11.4 Å². The van der Waals surface area contributed by atoms with Crippen molar-refractivity contribution >= 4 is 0 Å². The summed E-state index contributed by atoms with van der Waals surface area (Å²) < 4.78 is 13.5. The molecule has 156 valence electrons. The summed E-state index contributed by atoms with van der Waals surface area (Å²) in [5.41, 5.74) is 5.84. The first-order chi connectivity index (χ1) is 15.2. The van der Waals surface area contributed by atoms with E-state index in [4.69, 9.17) is 4.98 Å². The number of benzene rings is 2. The van der Waals surface area contributed by atoms with Crippen molar-refractivity contribution < 1.29 is 4.39 Å². The fourth-order valence-corrected chi connectivity index (χ4v) is 4.35. The number of pyridine rings is 1. The second-order valence-corrected chi connectivity index (χ2v) is 8.24. The lowest BCUT2D eigenvalue weighted by Crippen LogP contribution is -2.19. The van der Waals surface area contributed by atoms with Crippen LogP contribution in [-0.2, 0) is 6.54 Å². The molecule has 31 heavy (non-hydrogen) atoms. The lowest BCUT2D eigenvalue weighted by molar-refractivity contribution is 0.326. The predicted octanol–water partition coefficient (Wildman–Crippen LogP) is 5.58. The van der Waals surface area contributed by atoms with Gasteiger partial charge in [-0.05, 0) is 49.7 Å². The van der Waals surface area contributed by atoms with E-state index in [1.807, 2.05) is 24.4 Å². The molecule has 4 nitrogen and oxygen atoms in total. The second-order valence-electron chi connectivity index (χ2n) is 8.24. The van der Waals surface area contributed by atoms with Crippen molar-refractivity contribution in [3.05, 3.63) is 95.8 Å². The van der Waals surface area contributed by atoms with Crippen molar-refractivity contribution in [3.8, 4) is 22.5 Å². The predicted molar refractivity (Wildman–Crippen MR) is 121 cm³/mol. The first kappa shape index (κ1) is 19.6. The van der Waals surface area contributed by atoms with Crippen LogP contribution < -0.4 is 0 Å². The van der Waals surface area contributed by atoms with Crippen LogP contribution in [0.15, 0.2) is 72.9 Å². The van der Waals surface area contributed by atoms with E-state index in [0.717, 1.165) is 60.1 Å². The summed E-state index contributed by atoms with van der Waals surface area (Å²) in [5, 5.41) is 0. The highest BCUT2D eigenvalue weighted by Gasteiger charge is 2.27. The molecule has 0 unspecified atom stereocenters. The van der Waals surface area contributed by atoms with Crippen LogP contribution in [0.3, 0.4) is 0 Å². The molecule has 0 radical (unpaired) electrons. The number of H-pyrrole nitrogens is 1. The maximum absolute atomic E-state index is 13.5. The van der Waals surface area contributed by atoms with Gasteiger partial charge in [-0.25, -0.2) is 9.37 Å². The molecule has 1 aliphatic rings.